The van der Waals surface area contributed by atoms with Crippen molar-refractivity contribution in [3.05, 3.63) is 11.8 Å². The van der Waals surface area contributed by atoms with E-state index in [1.165, 1.54) is 17.9 Å². The van der Waals surface area contributed by atoms with E-state index in [1.54, 1.807) is 0 Å². The average molecular weight is 211 g/mol. The normalized spacial score (nSPS) is 18.7. The second-order valence-electron chi connectivity index (χ2n) is 3.81. The third kappa shape index (κ3) is 2.30. The van der Waals surface area contributed by atoms with Gasteiger partial charge in [-0.1, -0.05) is 0 Å². The molecular weight excluding hydrogens is 194 g/mol. The van der Waals surface area contributed by atoms with Crippen LogP contribution in [-0.2, 0) is 7.05 Å². The minimum atomic E-state index is 0.769. The molecule has 0 radical (unpaired) electrons. The van der Waals surface area contributed by atoms with Gasteiger partial charge in [-0.2, -0.15) is 5.10 Å². The second-order valence-corrected chi connectivity index (χ2v) is 5.14. The Bertz CT molecular complexity index is 302. The average Bonchev–Trinajstić information content (AvgIpc) is 2.47. The number of aryl methyl sites for hydroxylation is 2. The fourth-order valence-electron chi connectivity index (χ4n) is 1.78. The Labute approximate surface area is 89.3 Å². The molecule has 0 atom stereocenters. The van der Waals surface area contributed by atoms with Crippen molar-refractivity contribution in [2.75, 3.05) is 13.1 Å². The van der Waals surface area contributed by atoms with Gasteiger partial charge >= 0.3 is 0 Å². The van der Waals surface area contributed by atoms with Crippen molar-refractivity contribution in [1.82, 2.24) is 15.1 Å². The van der Waals surface area contributed by atoms with Crippen LogP contribution < -0.4 is 5.32 Å². The van der Waals surface area contributed by atoms with Gasteiger partial charge in [0.15, 0.2) is 0 Å². The molecular formula is C10H17N3S. The number of nitrogens with one attached hydrogen (secondary N) is 1. The van der Waals surface area contributed by atoms with Crippen LogP contribution >= 0.6 is 11.8 Å². The van der Waals surface area contributed by atoms with Crippen LogP contribution in [0.25, 0.3) is 0 Å². The highest BCUT2D eigenvalue weighted by molar-refractivity contribution is 7.99. The molecule has 1 saturated heterocycles. The van der Waals surface area contributed by atoms with Crippen LogP contribution in [0.15, 0.2) is 11.1 Å². The zero-order valence-corrected chi connectivity index (χ0v) is 9.60. The first-order chi connectivity index (χ1) is 6.75. The Hall–Kier alpha value is -0.480. The predicted molar refractivity (Wildman–Crippen MR) is 59.7 cm³/mol. The largest absolute Gasteiger partial charge is 0.317 e. The number of aromatic nitrogens is 2. The van der Waals surface area contributed by atoms with E-state index in [2.05, 4.69) is 16.5 Å². The van der Waals surface area contributed by atoms with E-state index >= 15 is 0 Å². The van der Waals surface area contributed by atoms with Gasteiger partial charge in [-0.05, 0) is 38.9 Å². The standard InChI is InChI=1S/C10H17N3S/c1-8-7-10(13(2)12-8)14-9-3-5-11-6-4-9/h7,9,11H,3-6H2,1-2H3. The Morgan fingerprint density at radius 3 is 2.79 bits per heavy atom. The lowest BCUT2D eigenvalue weighted by molar-refractivity contribution is 0.530. The van der Waals surface area contributed by atoms with Crippen LogP contribution in [-0.4, -0.2) is 28.1 Å². The van der Waals surface area contributed by atoms with Crippen molar-refractivity contribution in [2.24, 2.45) is 7.05 Å². The minimum absolute atomic E-state index is 0.769. The van der Waals surface area contributed by atoms with Gasteiger partial charge < -0.3 is 5.32 Å². The van der Waals surface area contributed by atoms with E-state index < -0.39 is 0 Å². The summed E-state index contributed by atoms with van der Waals surface area (Å²) in [5.74, 6) is 0. The summed E-state index contributed by atoms with van der Waals surface area (Å²) in [5, 5.41) is 9.81. The van der Waals surface area contributed by atoms with Crippen LogP contribution in [0.1, 0.15) is 18.5 Å². The second kappa shape index (κ2) is 4.36. The number of hydrogen-bond acceptors (Lipinski definition) is 3. The summed E-state index contributed by atoms with van der Waals surface area (Å²) < 4.78 is 1.99. The van der Waals surface area contributed by atoms with E-state index in [0.29, 0.717) is 0 Å². The molecule has 0 saturated carbocycles. The van der Waals surface area contributed by atoms with Gasteiger partial charge in [0.2, 0.25) is 0 Å². The molecule has 0 bridgehead atoms. The molecule has 0 amide bonds. The smallest absolute Gasteiger partial charge is 0.0942 e. The van der Waals surface area contributed by atoms with Gasteiger partial charge in [0.05, 0.1) is 10.7 Å². The van der Waals surface area contributed by atoms with E-state index in [1.807, 2.05) is 30.4 Å². The van der Waals surface area contributed by atoms with Crippen LogP contribution in [0.5, 0.6) is 0 Å². The molecule has 4 heteroatoms. The molecule has 1 aromatic rings. The van der Waals surface area contributed by atoms with Crippen LogP contribution in [0.2, 0.25) is 0 Å². The summed E-state index contributed by atoms with van der Waals surface area (Å²) >= 11 is 1.97. The fourth-order valence-corrected chi connectivity index (χ4v) is 3.03. The molecule has 2 rings (SSSR count). The molecule has 14 heavy (non-hydrogen) atoms. The summed E-state index contributed by atoms with van der Waals surface area (Å²) in [6.07, 6.45) is 2.55. The summed E-state index contributed by atoms with van der Waals surface area (Å²) in [4.78, 5) is 0. The molecule has 0 spiro atoms. The maximum atomic E-state index is 4.36. The van der Waals surface area contributed by atoms with Crippen LogP contribution in [0.3, 0.4) is 0 Å². The van der Waals surface area contributed by atoms with E-state index in [0.717, 1.165) is 24.0 Å². The van der Waals surface area contributed by atoms with Crippen molar-refractivity contribution in [1.29, 1.82) is 0 Å². The number of piperidine rings is 1. The summed E-state index contributed by atoms with van der Waals surface area (Å²) in [7, 11) is 2.02. The molecule has 1 aliphatic rings. The predicted octanol–water partition coefficient (Wildman–Crippen LogP) is 1.57. The molecule has 78 valence electrons. The SMILES string of the molecule is Cc1cc(SC2CCNCC2)n(C)n1. The first-order valence-corrected chi connectivity index (χ1v) is 6.01. The van der Waals surface area contributed by atoms with E-state index in [4.69, 9.17) is 0 Å². The molecule has 1 aliphatic heterocycles. The van der Waals surface area contributed by atoms with Gasteiger partial charge in [0.1, 0.15) is 0 Å². The molecule has 1 N–H and O–H groups in total. The lowest BCUT2D eigenvalue weighted by Gasteiger charge is -2.21. The molecule has 0 unspecified atom stereocenters. The fraction of sp³-hybridized carbons (Fsp3) is 0.700. The highest BCUT2D eigenvalue weighted by Gasteiger charge is 2.15. The first kappa shape index (κ1) is 10.1. The highest BCUT2D eigenvalue weighted by Crippen LogP contribution is 2.28. The lowest BCUT2D eigenvalue weighted by Crippen LogP contribution is -2.29. The number of rotatable bonds is 2. The summed E-state index contributed by atoms with van der Waals surface area (Å²) in [6, 6.07) is 2.17. The maximum Gasteiger partial charge on any atom is 0.0942 e. The van der Waals surface area contributed by atoms with Crippen LogP contribution in [0, 0.1) is 6.92 Å². The van der Waals surface area contributed by atoms with Crippen LogP contribution in [0.4, 0.5) is 0 Å². The summed E-state index contributed by atoms with van der Waals surface area (Å²) in [6.45, 7) is 4.37. The van der Waals surface area contributed by atoms with Gasteiger partial charge in [-0.15, -0.1) is 11.8 Å². The number of hydrogen-bond donors (Lipinski definition) is 1. The van der Waals surface area contributed by atoms with Crippen molar-refractivity contribution in [3.8, 4) is 0 Å². The van der Waals surface area contributed by atoms with E-state index in [9.17, 15) is 0 Å². The first-order valence-electron chi connectivity index (χ1n) is 5.14. The zero-order valence-electron chi connectivity index (χ0n) is 8.79. The Morgan fingerprint density at radius 2 is 2.21 bits per heavy atom. The molecule has 2 heterocycles. The van der Waals surface area contributed by atoms with Gasteiger partial charge in [0.25, 0.3) is 0 Å². The number of thioether (sulfide) groups is 1. The Morgan fingerprint density at radius 1 is 1.50 bits per heavy atom. The van der Waals surface area contributed by atoms with Crippen molar-refractivity contribution in [3.63, 3.8) is 0 Å². The topological polar surface area (TPSA) is 29.9 Å². The third-order valence-electron chi connectivity index (χ3n) is 2.53. The van der Waals surface area contributed by atoms with Crippen molar-refractivity contribution in [2.45, 2.75) is 30.0 Å². The molecule has 0 aliphatic carbocycles. The molecule has 1 aromatic heterocycles. The monoisotopic (exact) mass is 211 g/mol. The summed E-state index contributed by atoms with van der Waals surface area (Å²) in [5.41, 5.74) is 1.11. The quantitative estimate of drug-likeness (QED) is 0.805. The third-order valence-corrected chi connectivity index (χ3v) is 3.96. The lowest BCUT2D eigenvalue weighted by atomic mass is 10.2. The van der Waals surface area contributed by atoms with E-state index in [-0.39, 0.29) is 0 Å². The van der Waals surface area contributed by atoms with Crippen molar-refractivity contribution < 1.29 is 0 Å². The zero-order chi connectivity index (χ0) is 9.97. The van der Waals surface area contributed by atoms with Gasteiger partial charge in [0, 0.05) is 12.3 Å². The minimum Gasteiger partial charge on any atom is -0.317 e. The molecule has 3 nitrogen and oxygen atoms in total. The van der Waals surface area contributed by atoms with Gasteiger partial charge in [-0.25, -0.2) is 0 Å². The molecule has 0 aromatic carbocycles. The Balaban J connectivity index is 1.98. The molecule has 1 fully saturated rings. The Kier molecular flexibility index (Phi) is 3.13. The highest BCUT2D eigenvalue weighted by atomic mass is 32.2. The number of nitrogens with zero attached hydrogens (tertiary/aromatic N) is 2. The van der Waals surface area contributed by atoms with Crippen molar-refractivity contribution >= 4 is 11.8 Å². The van der Waals surface area contributed by atoms with Gasteiger partial charge in [-0.3, -0.25) is 4.68 Å². The maximum absolute atomic E-state index is 4.36.